The van der Waals surface area contributed by atoms with Gasteiger partial charge in [0.25, 0.3) is 0 Å². The second-order valence-corrected chi connectivity index (χ2v) is 6.78. The molecule has 0 aromatic carbocycles. The van der Waals surface area contributed by atoms with Gasteiger partial charge in [-0.15, -0.1) is 0 Å². The highest BCUT2D eigenvalue weighted by Crippen LogP contribution is 2.45. The Kier molecular flexibility index (Phi) is 6.07. The molecule has 27 heavy (non-hydrogen) atoms. The lowest BCUT2D eigenvalue weighted by atomic mass is 9.86. The number of unbranched alkanes of at least 4 members (excludes halogenated alkanes) is 1. The fourth-order valence-electron chi connectivity index (χ4n) is 3.51. The molecule has 1 aliphatic rings. The maximum atomic E-state index is 12.7. The molecule has 2 aromatic heterocycles. The van der Waals surface area contributed by atoms with E-state index in [1.807, 2.05) is 0 Å². The van der Waals surface area contributed by atoms with Crippen molar-refractivity contribution in [3.05, 3.63) is 36.2 Å². The largest absolute Gasteiger partial charge is 0.464 e. The van der Waals surface area contributed by atoms with Crippen molar-refractivity contribution in [2.75, 3.05) is 6.61 Å². The van der Waals surface area contributed by atoms with Gasteiger partial charge < -0.3 is 4.74 Å². The molecule has 7 nitrogen and oxygen atoms in total. The summed E-state index contributed by atoms with van der Waals surface area (Å²) in [5.41, 5.74) is 2.73. The van der Waals surface area contributed by atoms with Crippen LogP contribution in [-0.4, -0.2) is 32.5 Å². The number of carbonyl (C=O) groups is 1. The lowest BCUT2D eigenvalue weighted by molar-refractivity contribution is -0.148. The number of fused-ring (bicyclic) bond motifs is 3. The summed E-state index contributed by atoms with van der Waals surface area (Å²) < 4.78 is 5.54. The predicted molar refractivity (Wildman–Crippen MR) is 98.3 cm³/mol. The molecule has 2 aromatic rings. The van der Waals surface area contributed by atoms with Crippen molar-refractivity contribution >= 4 is 5.97 Å². The number of carbonyl (C=O) groups excluding carboxylic acids is 1. The third kappa shape index (κ3) is 3.80. The summed E-state index contributed by atoms with van der Waals surface area (Å²) in [4.78, 5) is 29.5. The van der Waals surface area contributed by atoms with Crippen LogP contribution in [0.2, 0.25) is 0 Å². The van der Waals surface area contributed by atoms with E-state index in [2.05, 4.69) is 39.9 Å². The highest BCUT2D eigenvalue weighted by molar-refractivity contribution is 5.82. The van der Waals surface area contributed by atoms with Crippen molar-refractivity contribution in [3.63, 3.8) is 0 Å². The number of nitrogens with zero attached hydrogens (tertiary/aromatic N) is 5. The minimum atomic E-state index is -0.981. The monoisotopic (exact) mass is 365 g/mol. The molecule has 0 saturated heterocycles. The van der Waals surface area contributed by atoms with E-state index in [1.54, 1.807) is 12.4 Å². The Morgan fingerprint density at radius 1 is 1.19 bits per heavy atom. The lowest BCUT2D eigenvalue weighted by Crippen LogP contribution is -2.25. The van der Waals surface area contributed by atoms with E-state index in [-0.39, 0.29) is 0 Å². The first kappa shape index (κ1) is 18.9. The SMILES string of the molecule is CCCCC(CC)COC(=O)C(C#N)C1c2cncnc2-c2ncncc21. The van der Waals surface area contributed by atoms with Crippen LogP contribution in [0.15, 0.2) is 25.0 Å². The topological polar surface area (TPSA) is 102 Å². The van der Waals surface area contributed by atoms with Crippen LogP contribution in [0.25, 0.3) is 11.4 Å². The molecule has 0 amide bonds. The Morgan fingerprint density at radius 2 is 1.81 bits per heavy atom. The first-order chi connectivity index (χ1) is 13.2. The van der Waals surface area contributed by atoms with Gasteiger partial charge in [-0.05, 0) is 12.3 Å². The van der Waals surface area contributed by atoms with Crippen LogP contribution in [0.3, 0.4) is 0 Å². The molecular formula is C20H23N5O2. The number of rotatable bonds is 8. The fraction of sp³-hybridized carbons (Fsp3) is 0.500. The van der Waals surface area contributed by atoms with E-state index >= 15 is 0 Å². The van der Waals surface area contributed by atoms with Crippen LogP contribution in [0.1, 0.15) is 56.6 Å². The molecule has 0 radical (unpaired) electrons. The van der Waals surface area contributed by atoms with Crippen LogP contribution in [0.4, 0.5) is 0 Å². The second-order valence-electron chi connectivity index (χ2n) is 6.78. The molecule has 0 spiro atoms. The number of esters is 1. The minimum Gasteiger partial charge on any atom is -0.464 e. The molecule has 0 aliphatic heterocycles. The number of nitriles is 1. The van der Waals surface area contributed by atoms with E-state index in [4.69, 9.17) is 4.74 Å². The van der Waals surface area contributed by atoms with Gasteiger partial charge in [0.1, 0.15) is 12.7 Å². The normalized spacial score (nSPS) is 14.7. The first-order valence-electron chi connectivity index (χ1n) is 9.37. The van der Waals surface area contributed by atoms with Crippen molar-refractivity contribution in [1.29, 1.82) is 5.26 Å². The Labute approximate surface area is 158 Å². The quantitative estimate of drug-likeness (QED) is 0.661. The molecule has 2 atom stereocenters. The second kappa shape index (κ2) is 8.67. The van der Waals surface area contributed by atoms with Gasteiger partial charge in [0, 0.05) is 29.4 Å². The average molecular weight is 365 g/mol. The van der Waals surface area contributed by atoms with Crippen molar-refractivity contribution in [1.82, 2.24) is 19.9 Å². The Balaban J connectivity index is 1.81. The van der Waals surface area contributed by atoms with Crippen LogP contribution in [0, 0.1) is 23.2 Å². The van der Waals surface area contributed by atoms with Gasteiger partial charge in [0.05, 0.1) is 24.1 Å². The number of hydrogen-bond acceptors (Lipinski definition) is 7. The smallest absolute Gasteiger partial charge is 0.324 e. The lowest BCUT2D eigenvalue weighted by Gasteiger charge is -2.20. The minimum absolute atomic E-state index is 0.322. The summed E-state index contributed by atoms with van der Waals surface area (Å²) in [6.07, 6.45) is 10.3. The Hall–Kier alpha value is -2.88. The average Bonchev–Trinajstić information content (AvgIpc) is 3.04. The molecule has 0 N–H and O–H groups in total. The molecule has 3 rings (SSSR count). The molecular weight excluding hydrogens is 342 g/mol. The van der Waals surface area contributed by atoms with Gasteiger partial charge in [-0.25, -0.2) is 19.9 Å². The van der Waals surface area contributed by atoms with Crippen LogP contribution < -0.4 is 0 Å². The molecule has 2 unspecified atom stereocenters. The van der Waals surface area contributed by atoms with Gasteiger partial charge in [-0.2, -0.15) is 5.26 Å². The van der Waals surface area contributed by atoms with Gasteiger partial charge in [-0.1, -0.05) is 33.1 Å². The Bertz CT molecular complexity index is 803. The molecule has 1 aliphatic carbocycles. The molecule has 0 bridgehead atoms. The summed E-state index contributed by atoms with van der Waals surface area (Å²) in [6, 6.07) is 2.12. The van der Waals surface area contributed by atoms with Crippen LogP contribution in [0.5, 0.6) is 0 Å². The molecule has 0 fully saturated rings. The summed E-state index contributed by atoms with van der Waals surface area (Å²) in [7, 11) is 0. The standard InChI is InChI=1S/C20H23N5O2/c1-3-5-6-13(4-2)10-27-20(26)14(7-21)17-15-8-22-11-24-18(15)19-16(17)9-23-12-25-19/h8-9,11-14,17H,3-6,10H2,1-2H3. The summed E-state index contributed by atoms with van der Waals surface area (Å²) in [5.74, 6) is -1.68. The zero-order chi connectivity index (χ0) is 19.2. The van der Waals surface area contributed by atoms with Crippen LogP contribution >= 0.6 is 0 Å². The third-order valence-corrected chi connectivity index (χ3v) is 5.11. The van der Waals surface area contributed by atoms with Crippen molar-refractivity contribution in [2.45, 2.75) is 45.4 Å². The number of aromatic nitrogens is 4. The maximum Gasteiger partial charge on any atom is 0.324 e. The summed E-state index contributed by atoms with van der Waals surface area (Å²) >= 11 is 0. The maximum absolute atomic E-state index is 12.7. The van der Waals surface area contributed by atoms with E-state index in [0.29, 0.717) is 23.9 Å². The van der Waals surface area contributed by atoms with Gasteiger partial charge in [-0.3, -0.25) is 4.79 Å². The zero-order valence-corrected chi connectivity index (χ0v) is 15.6. The van der Waals surface area contributed by atoms with Crippen molar-refractivity contribution < 1.29 is 9.53 Å². The number of hydrogen-bond donors (Lipinski definition) is 0. The van der Waals surface area contributed by atoms with E-state index in [1.165, 1.54) is 12.7 Å². The zero-order valence-electron chi connectivity index (χ0n) is 15.6. The van der Waals surface area contributed by atoms with E-state index in [0.717, 1.165) is 36.8 Å². The first-order valence-corrected chi connectivity index (χ1v) is 9.37. The van der Waals surface area contributed by atoms with Gasteiger partial charge in [0.15, 0.2) is 5.92 Å². The summed E-state index contributed by atoms with van der Waals surface area (Å²) in [6.45, 7) is 4.58. The van der Waals surface area contributed by atoms with Crippen molar-refractivity contribution in [3.8, 4) is 17.5 Å². The number of ether oxygens (including phenoxy) is 1. The van der Waals surface area contributed by atoms with Gasteiger partial charge in [0.2, 0.25) is 0 Å². The van der Waals surface area contributed by atoms with Crippen molar-refractivity contribution in [2.24, 2.45) is 11.8 Å². The highest BCUT2D eigenvalue weighted by Gasteiger charge is 2.41. The molecule has 140 valence electrons. The summed E-state index contributed by atoms with van der Waals surface area (Å²) in [5, 5.41) is 9.74. The fourth-order valence-corrected chi connectivity index (χ4v) is 3.51. The molecule has 7 heteroatoms. The molecule has 2 heterocycles. The molecule has 0 saturated carbocycles. The van der Waals surface area contributed by atoms with Gasteiger partial charge >= 0.3 is 5.97 Å². The predicted octanol–water partition coefficient (Wildman–Crippen LogP) is 3.28. The Morgan fingerprint density at radius 3 is 2.33 bits per heavy atom. The van der Waals surface area contributed by atoms with E-state index < -0.39 is 17.8 Å². The van der Waals surface area contributed by atoms with Crippen LogP contribution in [-0.2, 0) is 9.53 Å². The van der Waals surface area contributed by atoms with E-state index in [9.17, 15) is 10.1 Å². The highest BCUT2D eigenvalue weighted by atomic mass is 16.5. The third-order valence-electron chi connectivity index (χ3n) is 5.11.